The maximum Gasteiger partial charge on any atom is 0.0140 e. The molecule has 0 radical (unpaired) electrons. The van der Waals surface area contributed by atoms with Crippen LogP contribution in [0.5, 0.6) is 0 Å². The summed E-state index contributed by atoms with van der Waals surface area (Å²) in [6.07, 6.45) is 1.15. The van der Waals surface area contributed by atoms with Crippen molar-refractivity contribution >= 4 is 0 Å². The largest absolute Gasteiger partial charge is 0.309 e. The van der Waals surface area contributed by atoms with Gasteiger partial charge in [0.05, 0.1) is 0 Å². The predicted molar refractivity (Wildman–Crippen MR) is 44.6 cm³/mol. The van der Waals surface area contributed by atoms with Gasteiger partial charge in [-0.05, 0) is 27.1 Å². The van der Waals surface area contributed by atoms with E-state index in [1.807, 2.05) is 5.01 Å². The highest BCUT2D eigenvalue weighted by molar-refractivity contribution is 4.48. The van der Waals surface area contributed by atoms with Crippen molar-refractivity contribution in [1.29, 1.82) is 0 Å². The molecular formula is C7H19N3. The van der Waals surface area contributed by atoms with Gasteiger partial charge in [0.1, 0.15) is 0 Å². The van der Waals surface area contributed by atoms with E-state index in [1.54, 1.807) is 0 Å². The first kappa shape index (κ1) is 9.88. The monoisotopic (exact) mass is 145 g/mol. The van der Waals surface area contributed by atoms with Crippen molar-refractivity contribution in [2.75, 3.05) is 33.7 Å². The summed E-state index contributed by atoms with van der Waals surface area (Å²) in [5, 5.41) is 1.84. The van der Waals surface area contributed by atoms with Crippen molar-refractivity contribution in [2.45, 2.75) is 13.3 Å². The molecule has 0 rings (SSSR count). The molecule has 0 amide bonds. The summed E-state index contributed by atoms with van der Waals surface area (Å²) < 4.78 is 0. The normalized spacial score (nSPS) is 11.4. The van der Waals surface area contributed by atoms with Gasteiger partial charge in [-0.2, -0.15) is 0 Å². The lowest BCUT2D eigenvalue weighted by atomic mass is 10.4. The summed E-state index contributed by atoms with van der Waals surface area (Å²) >= 11 is 0. The molecule has 62 valence electrons. The van der Waals surface area contributed by atoms with Crippen molar-refractivity contribution in [3.05, 3.63) is 0 Å². The second-order valence-corrected chi connectivity index (χ2v) is 2.79. The van der Waals surface area contributed by atoms with Crippen LogP contribution in [0, 0.1) is 0 Å². The third-order valence-electron chi connectivity index (χ3n) is 1.46. The quantitative estimate of drug-likeness (QED) is 0.441. The molecule has 3 nitrogen and oxygen atoms in total. The minimum Gasteiger partial charge on any atom is -0.309 e. The number of nitrogens with zero attached hydrogens (tertiary/aromatic N) is 2. The summed E-state index contributed by atoms with van der Waals surface area (Å²) in [7, 11) is 4.15. The first-order valence-electron chi connectivity index (χ1n) is 3.81. The van der Waals surface area contributed by atoms with E-state index in [-0.39, 0.29) is 0 Å². The van der Waals surface area contributed by atoms with Crippen LogP contribution in [0.4, 0.5) is 0 Å². The fraction of sp³-hybridized carbons (Fsp3) is 1.00. The Hall–Kier alpha value is -0.120. The van der Waals surface area contributed by atoms with Gasteiger partial charge < -0.3 is 4.90 Å². The van der Waals surface area contributed by atoms with E-state index in [4.69, 9.17) is 5.84 Å². The van der Waals surface area contributed by atoms with E-state index < -0.39 is 0 Å². The number of hydrazine groups is 1. The summed E-state index contributed by atoms with van der Waals surface area (Å²) in [4.78, 5) is 2.17. The Labute approximate surface area is 63.8 Å². The van der Waals surface area contributed by atoms with Gasteiger partial charge in [0.15, 0.2) is 0 Å². The SMILES string of the molecule is CCN(N)CCCN(C)C. The Kier molecular flexibility index (Phi) is 5.58. The number of rotatable bonds is 5. The van der Waals surface area contributed by atoms with Crippen LogP contribution in [0.2, 0.25) is 0 Å². The topological polar surface area (TPSA) is 32.5 Å². The second-order valence-electron chi connectivity index (χ2n) is 2.79. The molecule has 0 aromatic rings. The lowest BCUT2D eigenvalue weighted by Gasteiger charge is -2.15. The Bertz CT molecular complexity index is 73.3. The van der Waals surface area contributed by atoms with Gasteiger partial charge in [-0.1, -0.05) is 6.92 Å². The third-order valence-corrected chi connectivity index (χ3v) is 1.46. The second kappa shape index (κ2) is 5.65. The summed E-state index contributed by atoms with van der Waals surface area (Å²) in [6.45, 7) is 5.12. The molecule has 0 saturated carbocycles. The van der Waals surface area contributed by atoms with E-state index in [9.17, 15) is 0 Å². The van der Waals surface area contributed by atoms with Gasteiger partial charge >= 0.3 is 0 Å². The molecule has 0 aromatic carbocycles. The fourth-order valence-corrected chi connectivity index (χ4v) is 0.748. The molecule has 10 heavy (non-hydrogen) atoms. The summed E-state index contributed by atoms with van der Waals surface area (Å²) in [5.41, 5.74) is 0. The highest BCUT2D eigenvalue weighted by Crippen LogP contribution is 1.85. The summed E-state index contributed by atoms with van der Waals surface area (Å²) in [5.74, 6) is 5.57. The number of hydrogen-bond acceptors (Lipinski definition) is 3. The smallest absolute Gasteiger partial charge is 0.0140 e. The lowest BCUT2D eigenvalue weighted by Crippen LogP contribution is -2.33. The summed E-state index contributed by atoms with van der Waals surface area (Å²) in [6, 6.07) is 0. The van der Waals surface area contributed by atoms with E-state index in [0.29, 0.717) is 0 Å². The van der Waals surface area contributed by atoms with Gasteiger partial charge in [0.25, 0.3) is 0 Å². The van der Waals surface area contributed by atoms with Crippen LogP contribution < -0.4 is 5.84 Å². The van der Waals surface area contributed by atoms with Crippen molar-refractivity contribution < 1.29 is 0 Å². The zero-order chi connectivity index (χ0) is 7.98. The van der Waals surface area contributed by atoms with E-state index >= 15 is 0 Å². The third kappa shape index (κ3) is 6.01. The molecule has 0 aliphatic heterocycles. The fourth-order valence-electron chi connectivity index (χ4n) is 0.748. The molecule has 0 fully saturated rings. The predicted octanol–water partition coefficient (Wildman–Crippen LogP) is 0.134. The number of nitrogens with two attached hydrogens (primary N) is 1. The molecule has 0 aliphatic carbocycles. The Morgan fingerprint density at radius 3 is 2.20 bits per heavy atom. The van der Waals surface area contributed by atoms with Crippen LogP contribution in [-0.4, -0.2) is 43.6 Å². The van der Waals surface area contributed by atoms with Crippen LogP contribution in [0.25, 0.3) is 0 Å². The maximum absolute atomic E-state index is 5.57. The molecule has 2 N–H and O–H groups in total. The molecule has 0 atom stereocenters. The van der Waals surface area contributed by atoms with E-state index in [0.717, 1.165) is 26.1 Å². The molecule has 0 heterocycles. The minimum atomic E-state index is 0.938. The Morgan fingerprint density at radius 1 is 1.20 bits per heavy atom. The molecule has 3 heteroatoms. The highest BCUT2D eigenvalue weighted by atomic mass is 15.4. The van der Waals surface area contributed by atoms with Crippen LogP contribution in [0.3, 0.4) is 0 Å². The van der Waals surface area contributed by atoms with Crippen molar-refractivity contribution in [1.82, 2.24) is 9.91 Å². The first-order valence-corrected chi connectivity index (χ1v) is 3.81. The van der Waals surface area contributed by atoms with Gasteiger partial charge in [0.2, 0.25) is 0 Å². The maximum atomic E-state index is 5.57. The van der Waals surface area contributed by atoms with Crippen LogP contribution in [-0.2, 0) is 0 Å². The molecule has 0 aromatic heterocycles. The molecule has 0 unspecified atom stereocenters. The van der Waals surface area contributed by atoms with Crippen molar-refractivity contribution in [3.8, 4) is 0 Å². The molecule has 0 saturated heterocycles. The highest BCUT2D eigenvalue weighted by Gasteiger charge is 1.94. The molecule has 0 spiro atoms. The molecule has 0 aliphatic rings. The van der Waals surface area contributed by atoms with Crippen LogP contribution >= 0.6 is 0 Å². The van der Waals surface area contributed by atoms with Crippen LogP contribution in [0.15, 0.2) is 0 Å². The Morgan fingerprint density at radius 2 is 1.80 bits per heavy atom. The van der Waals surface area contributed by atoms with Crippen molar-refractivity contribution in [2.24, 2.45) is 5.84 Å². The first-order chi connectivity index (χ1) is 4.66. The van der Waals surface area contributed by atoms with E-state index in [2.05, 4.69) is 25.9 Å². The van der Waals surface area contributed by atoms with Crippen molar-refractivity contribution in [3.63, 3.8) is 0 Å². The number of hydrogen-bond donors (Lipinski definition) is 1. The Balaban J connectivity index is 3.03. The minimum absolute atomic E-state index is 0.938. The zero-order valence-electron chi connectivity index (χ0n) is 7.30. The van der Waals surface area contributed by atoms with Gasteiger partial charge in [-0.15, -0.1) is 0 Å². The van der Waals surface area contributed by atoms with Gasteiger partial charge in [-0.3, -0.25) is 5.84 Å². The standard InChI is InChI=1S/C7H19N3/c1-4-10(8)7-5-6-9(2)3/h4-8H2,1-3H3. The average molecular weight is 145 g/mol. The molecular weight excluding hydrogens is 126 g/mol. The van der Waals surface area contributed by atoms with Gasteiger partial charge in [0, 0.05) is 13.1 Å². The lowest BCUT2D eigenvalue weighted by molar-refractivity contribution is 0.274. The average Bonchev–Trinajstić information content (AvgIpc) is 1.87. The zero-order valence-corrected chi connectivity index (χ0v) is 7.30. The van der Waals surface area contributed by atoms with E-state index in [1.165, 1.54) is 0 Å². The van der Waals surface area contributed by atoms with Crippen LogP contribution in [0.1, 0.15) is 13.3 Å². The molecule has 0 bridgehead atoms. The van der Waals surface area contributed by atoms with Gasteiger partial charge in [-0.25, -0.2) is 5.01 Å².